The van der Waals surface area contributed by atoms with Crippen LogP contribution in [0, 0.1) is 13.8 Å². The molecule has 0 saturated carbocycles. The smallest absolute Gasteiger partial charge is 0.323 e. The van der Waals surface area contributed by atoms with Gasteiger partial charge in [0.2, 0.25) is 0 Å². The number of ether oxygens (including phenoxy) is 1. The molecular weight excluding hydrogens is 346 g/mol. The monoisotopic (exact) mass is 369 g/mol. The van der Waals surface area contributed by atoms with Crippen molar-refractivity contribution in [3.05, 3.63) is 59.1 Å². The van der Waals surface area contributed by atoms with E-state index >= 15 is 0 Å². The van der Waals surface area contributed by atoms with Crippen molar-refractivity contribution in [2.24, 2.45) is 0 Å². The number of anilines is 1. The fourth-order valence-electron chi connectivity index (χ4n) is 2.80. The maximum Gasteiger partial charge on any atom is 0.323 e. The highest BCUT2D eigenvalue weighted by atomic mass is 16.5. The third kappa shape index (κ3) is 4.11. The lowest BCUT2D eigenvalue weighted by molar-refractivity contribution is 0.220. The largest absolute Gasteiger partial charge is 0.496 e. The van der Waals surface area contributed by atoms with Gasteiger partial charge in [-0.05, 0) is 19.9 Å². The van der Waals surface area contributed by atoms with Crippen LogP contribution in [0.3, 0.4) is 0 Å². The number of hydrogen-bond donors (Lipinski definition) is 1. The van der Waals surface area contributed by atoms with Gasteiger partial charge in [-0.1, -0.05) is 23.4 Å². The summed E-state index contributed by atoms with van der Waals surface area (Å²) in [5.41, 5.74) is 2.67. The van der Waals surface area contributed by atoms with Gasteiger partial charge in [-0.25, -0.2) is 9.48 Å². The Morgan fingerprint density at radius 3 is 2.78 bits per heavy atom. The Hall–Kier alpha value is -3.29. The zero-order chi connectivity index (χ0) is 19.4. The summed E-state index contributed by atoms with van der Waals surface area (Å²) >= 11 is 0. The predicted molar refractivity (Wildman–Crippen MR) is 101 cm³/mol. The average molecular weight is 369 g/mol. The second-order valence-corrected chi connectivity index (χ2v) is 6.27. The molecule has 2 heterocycles. The molecule has 1 aromatic carbocycles. The van der Waals surface area contributed by atoms with Crippen molar-refractivity contribution in [1.82, 2.24) is 19.8 Å². The molecule has 27 heavy (non-hydrogen) atoms. The van der Waals surface area contributed by atoms with E-state index in [0.29, 0.717) is 24.7 Å². The summed E-state index contributed by atoms with van der Waals surface area (Å²) in [5, 5.41) is 11.1. The molecule has 8 nitrogen and oxygen atoms in total. The quantitative estimate of drug-likeness (QED) is 0.721. The summed E-state index contributed by atoms with van der Waals surface area (Å²) in [7, 11) is 3.36. The average Bonchev–Trinajstić information content (AvgIpc) is 3.23. The Morgan fingerprint density at radius 2 is 2.07 bits per heavy atom. The first-order valence-corrected chi connectivity index (χ1v) is 8.57. The lowest BCUT2D eigenvalue weighted by Gasteiger charge is -2.18. The molecule has 0 unspecified atom stereocenters. The molecule has 1 N–H and O–H groups in total. The zero-order valence-electron chi connectivity index (χ0n) is 15.9. The van der Waals surface area contributed by atoms with Gasteiger partial charge in [0, 0.05) is 24.2 Å². The van der Waals surface area contributed by atoms with Crippen LogP contribution in [-0.4, -0.2) is 40.0 Å². The van der Waals surface area contributed by atoms with E-state index in [1.54, 1.807) is 36.0 Å². The maximum absolute atomic E-state index is 12.6. The molecular formula is C19H23N5O3. The summed E-state index contributed by atoms with van der Waals surface area (Å²) in [6.07, 6.45) is 1.65. The normalized spacial score (nSPS) is 10.7. The minimum Gasteiger partial charge on any atom is -0.496 e. The molecule has 8 heteroatoms. The fourth-order valence-corrected chi connectivity index (χ4v) is 2.80. The van der Waals surface area contributed by atoms with Crippen molar-refractivity contribution in [2.75, 3.05) is 19.5 Å². The first-order valence-electron chi connectivity index (χ1n) is 8.57. The molecule has 2 aromatic heterocycles. The van der Waals surface area contributed by atoms with E-state index in [4.69, 9.17) is 9.26 Å². The second-order valence-electron chi connectivity index (χ2n) is 6.27. The number of benzene rings is 1. The van der Waals surface area contributed by atoms with Gasteiger partial charge in [-0.15, -0.1) is 0 Å². The van der Waals surface area contributed by atoms with Crippen LogP contribution in [0.25, 0.3) is 0 Å². The van der Waals surface area contributed by atoms with Crippen LogP contribution in [0.5, 0.6) is 5.75 Å². The van der Waals surface area contributed by atoms with Crippen LogP contribution < -0.4 is 10.1 Å². The summed E-state index contributed by atoms with van der Waals surface area (Å²) in [4.78, 5) is 14.2. The van der Waals surface area contributed by atoms with E-state index < -0.39 is 0 Å². The molecule has 0 atom stereocenters. The highest BCUT2D eigenvalue weighted by molar-refractivity contribution is 5.88. The van der Waals surface area contributed by atoms with Crippen LogP contribution in [0.2, 0.25) is 0 Å². The molecule has 0 bridgehead atoms. The van der Waals surface area contributed by atoms with Gasteiger partial charge >= 0.3 is 6.03 Å². The predicted octanol–water partition coefficient (Wildman–Crippen LogP) is 3.21. The Bertz CT molecular complexity index is 912. The van der Waals surface area contributed by atoms with Gasteiger partial charge in [-0.2, -0.15) is 5.10 Å². The minimum atomic E-state index is -0.239. The van der Waals surface area contributed by atoms with Gasteiger partial charge in [0.15, 0.2) is 0 Å². The number of amides is 2. The summed E-state index contributed by atoms with van der Waals surface area (Å²) in [5.74, 6) is 2.10. The summed E-state index contributed by atoms with van der Waals surface area (Å²) in [6.45, 7) is 4.59. The van der Waals surface area contributed by atoms with Crippen molar-refractivity contribution >= 4 is 11.8 Å². The van der Waals surface area contributed by atoms with Crippen molar-refractivity contribution in [3.8, 4) is 5.75 Å². The molecule has 3 rings (SSSR count). The minimum absolute atomic E-state index is 0.239. The highest BCUT2D eigenvalue weighted by Gasteiger charge is 2.17. The van der Waals surface area contributed by atoms with E-state index in [2.05, 4.69) is 15.6 Å². The van der Waals surface area contributed by atoms with E-state index in [-0.39, 0.29) is 6.03 Å². The first-order chi connectivity index (χ1) is 13.0. The van der Waals surface area contributed by atoms with Crippen molar-refractivity contribution in [2.45, 2.75) is 26.9 Å². The van der Waals surface area contributed by atoms with Crippen molar-refractivity contribution in [3.63, 3.8) is 0 Å². The maximum atomic E-state index is 12.6. The molecule has 0 aliphatic heterocycles. The third-order valence-corrected chi connectivity index (χ3v) is 4.39. The number of para-hydroxylation sites is 1. The lowest BCUT2D eigenvalue weighted by atomic mass is 10.2. The molecule has 0 aliphatic carbocycles. The number of methoxy groups -OCH3 is 1. The Morgan fingerprint density at radius 1 is 1.30 bits per heavy atom. The molecule has 0 fully saturated rings. The Balaban J connectivity index is 1.69. The molecule has 0 spiro atoms. The number of urea groups is 1. The van der Waals surface area contributed by atoms with Crippen LogP contribution in [0.15, 0.2) is 41.1 Å². The van der Waals surface area contributed by atoms with Crippen LogP contribution in [0.1, 0.15) is 22.6 Å². The number of hydrogen-bond acceptors (Lipinski definition) is 5. The summed E-state index contributed by atoms with van der Waals surface area (Å²) in [6, 6.07) is 9.24. The highest BCUT2D eigenvalue weighted by Crippen LogP contribution is 2.20. The Labute approximate surface area is 157 Å². The SMILES string of the molecule is COc1ccccc1Cn1nccc1NC(=O)N(C)Cc1c(C)noc1C. The fraction of sp³-hybridized carbons (Fsp3) is 0.316. The van der Waals surface area contributed by atoms with Crippen molar-refractivity contribution in [1.29, 1.82) is 0 Å². The number of aromatic nitrogens is 3. The van der Waals surface area contributed by atoms with Crippen molar-refractivity contribution < 1.29 is 14.1 Å². The van der Waals surface area contributed by atoms with Gasteiger partial charge in [0.05, 0.1) is 32.1 Å². The number of aryl methyl sites for hydroxylation is 2. The van der Waals surface area contributed by atoms with E-state index in [1.165, 1.54) is 0 Å². The second kappa shape index (κ2) is 7.94. The zero-order valence-corrected chi connectivity index (χ0v) is 15.9. The van der Waals surface area contributed by atoms with Gasteiger partial charge in [0.1, 0.15) is 17.3 Å². The van der Waals surface area contributed by atoms with Crippen LogP contribution in [0.4, 0.5) is 10.6 Å². The standard InChI is InChI=1S/C19H23N5O3/c1-13-16(14(2)27-22-13)12-23(3)19(25)21-18-9-10-20-24(18)11-15-7-5-6-8-17(15)26-4/h5-10H,11-12H2,1-4H3,(H,21,25). The topological polar surface area (TPSA) is 85.4 Å². The number of nitrogens with zero attached hydrogens (tertiary/aromatic N) is 4. The van der Waals surface area contributed by atoms with Gasteiger partial charge in [-0.3, -0.25) is 5.32 Å². The molecule has 142 valence electrons. The summed E-state index contributed by atoms with van der Waals surface area (Å²) < 4.78 is 12.3. The van der Waals surface area contributed by atoms with Gasteiger partial charge < -0.3 is 14.2 Å². The van der Waals surface area contributed by atoms with E-state index in [9.17, 15) is 4.79 Å². The number of nitrogens with one attached hydrogen (secondary N) is 1. The molecule has 3 aromatic rings. The third-order valence-electron chi connectivity index (χ3n) is 4.39. The molecule has 0 aliphatic rings. The van der Waals surface area contributed by atoms with Crippen LogP contribution in [-0.2, 0) is 13.1 Å². The molecule has 0 saturated heterocycles. The lowest BCUT2D eigenvalue weighted by Crippen LogP contribution is -2.32. The first kappa shape index (κ1) is 18.5. The number of carbonyl (C=O) groups excluding carboxylic acids is 1. The van der Waals surface area contributed by atoms with Crippen LogP contribution >= 0.6 is 0 Å². The number of rotatable bonds is 6. The molecule has 2 amide bonds. The Kier molecular flexibility index (Phi) is 5.44. The van der Waals surface area contributed by atoms with E-state index in [0.717, 1.165) is 22.6 Å². The molecule has 0 radical (unpaired) electrons. The van der Waals surface area contributed by atoms with Gasteiger partial charge in [0.25, 0.3) is 0 Å². The number of carbonyl (C=O) groups is 1. The van der Waals surface area contributed by atoms with E-state index in [1.807, 2.05) is 38.1 Å².